The Bertz CT molecular complexity index is 620. The molecule has 1 heterocycles. The standard InChI is InChI=1S/C18H26N4O3/c1-12-8-6-7-11-22(12)17(24)13(2)20-18(25)21-15(16(19)23)14-9-4-3-5-10-14/h3-5,9-10,12-13,15H,6-8,11H2,1-2H3,(H2,19,23)(H2,20,21,25)/t12-,13+,15+/m1/s1. The molecule has 0 aliphatic carbocycles. The molecule has 1 aromatic rings. The Morgan fingerprint density at radius 1 is 1.16 bits per heavy atom. The van der Waals surface area contributed by atoms with Crippen LogP contribution in [-0.2, 0) is 9.59 Å². The minimum atomic E-state index is -0.947. The Balaban J connectivity index is 1.95. The molecule has 2 rings (SSSR count). The SMILES string of the molecule is C[C@H](NC(=O)N[C@H](C(N)=O)c1ccccc1)C(=O)N1CCCC[C@H]1C. The first-order valence-corrected chi connectivity index (χ1v) is 8.62. The maximum absolute atomic E-state index is 12.5. The molecule has 0 spiro atoms. The summed E-state index contributed by atoms with van der Waals surface area (Å²) in [6, 6.07) is 6.70. The maximum Gasteiger partial charge on any atom is 0.316 e. The topological polar surface area (TPSA) is 105 Å². The third-order valence-corrected chi connectivity index (χ3v) is 4.50. The molecule has 7 heteroatoms. The highest BCUT2D eigenvalue weighted by atomic mass is 16.2. The number of amides is 4. The molecule has 136 valence electrons. The number of primary amides is 1. The van der Waals surface area contributed by atoms with Crippen molar-refractivity contribution < 1.29 is 14.4 Å². The molecule has 25 heavy (non-hydrogen) atoms. The summed E-state index contributed by atoms with van der Waals surface area (Å²) in [4.78, 5) is 38.2. The second-order valence-electron chi connectivity index (χ2n) is 6.46. The number of piperidine rings is 1. The number of nitrogens with zero attached hydrogens (tertiary/aromatic N) is 1. The van der Waals surface area contributed by atoms with Crippen LogP contribution in [0, 0.1) is 0 Å². The van der Waals surface area contributed by atoms with Crippen LogP contribution < -0.4 is 16.4 Å². The summed E-state index contributed by atoms with van der Waals surface area (Å²) in [6.45, 7) is 4.37. The lowest BCUT2D eigenvalue weighted by Gasteiger charge is -2.35. The van der Waals surface area contributed by atoms with Crippen LogP contribution >= 0.6 is 0 Å². The van der Waals surface area contributed by atoms with Gasteiger partial charge in [-0.2, -0.15) is 0 Å². The molecule has 0 bridgehead atoms. The van der Waals surface area contributed by atoms with Gasteiger partial charge in [0.05, 0.1) is 0 Å². The Morgan fingerprint density at radius 3 is 2.44 bits per heavy atom. The Hall–Kier alpha value is -2.57. The molecule has 1 fully saturated rings. The van der Waals surface area contributed by atoms with Gasteiger partial charge in [-0.3, -0.25) is 9.59 Å². The van der Waals surface area contributed by atoms with E-state index in [9.17, 15) is 14.4 Å². The minimum Gasteiger partial charge on any atom is -0.368 e. The van der Waals surface area contributed by atoms with Gasteiger partial charge in [0.1, 0.15) is 12.1 Å². The summed E-state index contributed by atoms with van der Waals surface area (Å²) in [5, 5.41) is 5.14. The largest absolute Gasteiger partial charge is 0.368 e. The Labute approximate surface area is 147 Å². The van der Waals surface area contributed by atoms with E-state index in [1.165, 1.54) is 0 Å². The Morgan fingerprint density at radius 2 is 1.84 bits per heavy atom. The number of carbonyl (C=O) groups excluding carboxylic acids is 3. The van der Waals surface area contributed by atoms with Gasteiger partial charge in [-0.25, -0.2) is 4.79 Å². The fraction of sp³-hybridized carbons (Fsp3) is 0.500. The van der Waals surface area contributed by atoms with Crippen LogP contribution in [0.3, 0.4) is 0 Å². The Kier molecular flexibility index (Phi) is 6.38. The molecule has 0 aromatic heterocycles. The highest BCUT2D eigenvalue weighted by Gasteiger charge is 2.28. The summed E-state index contributed by atoms with van der Waals surface area (Å²) >= 11 is 0. The smallest absolute Gasteiger partial charge is 0.316 e. The van der Waals surface area contributed by atoms with Gasteiger partial charge in [0, 0.05) is 12.6 Å². The van der Waals surface area contributed by atoms with Crippen LogP contribution in [-0.4, -0.2) is 41.4 Å². The highest BCUT2D eigenvalue weighted by Crippen LogP contribution is 2.17. The molecule has 1 aliphatic rings. The van der Waals surface area contributed by atoms with Gasteiger partial charge in [0.25, 0.3) is 0 Å². The number of carbonyl (C=O) groups is 3. The monoisotopic (exact) mass is 346 g/mol. The summed E-state index contributed by atoms with van der Waals surface area (Å²) in [5.41, 5.74) is 5.98. The van der Waals surface area contributed by atoms with Crippen LogP contribution in [0.4, 0.5) is 4.79 Å². The van der Waals surface area contributed by atoms with Crippen molar-refractivity contribution in [1.29, 1.82) is 0 Å². The second kappa shape index (κ2) is 8.50. The van der Waals surface area contributed by atoms with Crippen LogP contribution in [0.1, 0.15) is 44.7 Å². The van der Waals surface area contributed by atoms with Gasteiger partial charge in [-0.1, -0.05) is 30.3 Å². The molecule has 1 aliphatic heterocycles. The molecule has 1 aromatic carbocycles. The zero-order valence-corrected chi connectivity index (χ0v) is 14.7. The van der Waals surface area contributed by atoms with E-state index >= 15 is 0 Å². The summed E-state index contributed by atoms with van der Waals surface area (Å²) < 4.78 is 0. The second-order valence-corrected chi connectivity index (χ2v) is 6.46. The van der Waals surface area contributed by atoms with Crippen molar-refractivity contribution in [2.45, 2.75) is 51.2 Å². The van der Waals surface area contributed by atoms with Crippen molar-refractivity contribution in [2.24, 2.45) is 5.73 Å². The van der Waals surface area contributed by atoms with E-state index in [4.69, 9.17) is 5.73 Å². The van der Waals surface area contributed by atoms with Crippen LogP contribution in [0.5, 0.6) is 0 Å². The third-order valence-electron chi connectivity index (χ3n) is 4.50. The van der Waals surface area contributed by atoms with Crippen molar-refractivity contribution in [3.63, 3.8) is 0 Å². The number of nitrogens with one attached hydrogen (secondary N) is 2. The lowest BCUT2D eigenvalue weighted by molar-refractivity contribution is -0.136. The first kappa shape index (κ1) is 18.8. The molecule has 4 N–H and O–H groups in total. The van der Waals surface area contributed by atoms with Gasteiger partial charge in [-0.15, -0.1) is 0 Å². The molecule has 0 radical (unpaired) electrons. The summed E-state index contributed by atoms with van der Waals surface area (Å²) in [5.74, 6) is -0.775. The third kappa shape index (κ3) is 4.95. The van der Waals surface area contributed by atoms with Crippen molar-refractivity contribution in [3.8, 4) is 0 Å². The molecular weight excluding hydrogens is 320 g/mol. The van der Waals surface area contributed by atoms with Crippen LogP contribution in [0.25, 0.3) is 0 Å². The van der Waals surface area contributed by atoms with E-state index in [1.807, 2.05) is 13.0 Å². The average molecular weight is 346 g/mol. The van der Waals surface area contributed by atoms with Gasteiger partial charge in [0.2, 0.25) is 11.8 Å². The lowest BCUT2D eigenvalue weighted by atomic mass is 10.0. The van der Waals surface area contributed by atoms with E-state index in [2.05, 4.69) is 10.6 Å². The molecular formula is C18H26N4O3. The molecule has 4 amide bonds. The fourth-order valence-electron chi connectivity index (χ4n) is 3.07. The highest BCUT2D eigenvalue weighted by molar-refractivity contribution is 5.90. The number of hydrogen-bond acceptors (Lipinski definition) is 3. The quantitative estimate of drug-likeness (QED) is 0.748. The summed E-state index contributed by atoms with van der Waals surface area (Å²) in [6.07, 6.45) is 3.07. The van der Waals surface area contributed by atoms with E-state index in [-0.39, 0.29) is 11.9 Å². The van der Waals surface area contributed by atoms with E-state index in [0.717, 1.165) is 19.3 Å². The normalized spacial score (nSPS) is 19.6. The number of benzene rings is 1. The van der Waals surface area contributed by atoms with E-state index in [0.29, 0.717) is 12.1 Å². The lowest BCUT2D eigenvalue weighted by Crippen LogP contribution is -2.54. The van der Waals surface area contributed by atoms with Gasteiger partial charge < -0.3 is 21.3 Å². The summed E-state index contributed by atoms with van der Waals surface area (Å²) in [7, 11) is 0. The molecule has 0 saturated carbocycles. The van der Waals surface area contributed by atoms with Crippen molar-refractivity contribution in [3.05, 3.63) is 35.9 Å². The van der Waals surface area contributed by atoms with Crippen molar-refractivity contribution in [2.75, 3.05) is 6.54 Å². The average Bonchev–Trinajstić information content (AvgIpc) is 2.60. The molecule has 1 saturated heterocycles. The van der Waals surface area contributed by atoms with E-state index < -0.39 is 24.0 Å². The minimum absolute atomic E-state index is 0.113. The predicted molar refractivity (Wildman–Crippen MR) is 94.5 cm³/mol. The molecule has 3 atom stereocenters. The van der Waals surface area contributed by atoms with Crippen LogP contribution in [0.2, 0.25) is 0 Å². The maximum atomic E-state index is 12.5. The van der Waals surface area contributed by atoms with Gasteiger partial charge in [-0.05, 0) is 38.7 Å². The first-order chi connectivity index (χ1) is 11.9. The van der Waals surface area contributed by atoms with E-state index in [1.54, 1.807) is 36.1 Å². The van der Waals surface area contributed by atoms with Crippen LogP contribution in [0.15, 0.2) is 30.3 Å². The number of likely N-dealkylation sites (tertiary alicyclic amines) is 1. The first-order valence-electron chi connectivity index (χ1n) is 8.62. The predicted octanol–water partition coefficient (Wildman–Crippen LogP) is 1.30. The number of urea groups is 1. The van der Waals surface area contributed by atoms with Gasteiger partial charge in [0.15, 0.2) is 0 Å². The molecule has 7 nitrogen and oxygen atoms in total. The molecule has 0 unspecified atom stereocenters. The number of hydrogen-bond donors (Lipinski definition) is 3. The van der Waals surface area contributed by atoms with Crippen molar-refractivity contribution in [1.82, 2.24) is 15.5 Å². The zero-order chi connectivity index (χ0) is 18.4. The van der Waals surface area contributed by atoms with Gasteiger partial charge >= 0.3 is 6.03 Å². The fourth-order valence-corrected chi connectivity index (χ4v) is 3.07. The number of nitrogens with two attached hydrogens (primary N) is 1. The van der Waals surface area contributed by atoms with Crippen molar-refractivity contribution >= 4 is 17.8 Å². The zero-order valence-electron chi connectivity index (χ0n) is 14.7. The number of rotatable bonds is 5.